The molecule has 0 heterocycles. The standard InChI is InChI=1S/C18H34O2.C2H4O2.Cd/c1-2-3-4-5-6-7-8-9-10-11-12-13-14-15-16-17-18(19)20;1-2(3)4;/h9-10H,2-8,11-17H2,1H3,(H,19,20);1H3,(H,3,4);/q;;+2/p-2. The maximum atomic E-state index is 10.2. The van der Waals surface area contributed by atoms with Crippen molar-refractivity contribution in [3.05, 3.63) is 12.2 Å². The van der Waals surface area contributed by atoms with Gasteiger partial charge < -0.3 is 19.8 Å². The summed E-state index contributed by atoms with van der Waals surface area (Å²) in [5, 5.41) is 19.1. The maximum Gasteiger partial charge on any atom is 2.00 e. The van der Waals surface area contributed by atoms with Crippen LogP contribution >= 0.6 is 0 Å². The molecule has 4 nitrogen and oxygen atoms in total. The van der Waals surface area contributed by atoms with E-state index in [1.165, 1.54) is 64.2 Å². The predicted octanol–water partition coefficient (Wildman–Crippen LogP) is 3.53. The Kier molecular flexibility index (Phi) is 30.4. The number of aliphatic carboxylic acids is 2. The average molecular weight is 453 g/mol. The summed E-state index contributed by atoms with van der Waals surface area (Å²) in [7, 11) is 0. The molecular weight excluding hydrogens is 417 g/mol. The van der Waals surface area contributed by atoms with E-state index in [1.54, 1.807) is 0 Å². The maximum absolute atomic E-state index is 10.2. The van der Waals surface area contributed by atoms with Crippen LogP contribution in [0.3, 0.4) is 0 Å². The Morgan fingerprint density at radius 3 is 1.48 bits per heavy atom. The number of hydrogen-bond acceptors (Lipinski definition) is 4. The summed E-state index contributed by atoms with van der Waals surface area (Å²) in [4.78, 5) is 19.1. The van der Waals surface area contributed by atoms with E-state index in [1.807, 2.05) is 0 Å². The fraction of sp³-hybridized carbons (Fsp3) is 0.800. The van der Waals surface area contributed by atoms with Gasteiger partial charge in [-0.25, -0.2) is 0 Å². The average Bonchev–Trinajstić information content (AvgIpc) is 2.50. The Labute approximate surface area is 174 Å². The van der Waals surface area contributed by atoms with Gasteiger partial charge in [0.05, 0.1) is 0 Å². The van der Waals surface area contributed by atoms with Crippen molar-refractivity contribution in [1.82, 2.24) is 0 Å². The van der Waals surface area contributed by atoms with E-state index in [9.17, 15) is 9.90 Å². The molecule has 0 atom stereocenters. The second kappa shape index (κ2) is 25.8. The first-order chi connectivity index (χ1) is 11.5. The zero-order valence-corrected chi connectivity index (χ0v) is 20.4. The molecule has 0 amide bonds. The van der Waals surface area contributed by atoms with Crippen LogP contribution in [0.25, 0.3) is 0 Å². The van der Waals surface area contributed by atoms with Crippen LogP contribution in [0, 0.1) is 0 Å². The van der Waals surface area contributed by atoms with Crippen LogP contribution in [0.5, 0.6) is 0 Å². The molecule has 0 saturated heterocycles. The molecule has 0 spiro atoms. The molecule has 0 radical (unpaired) electrons. The van der Waals surface area contributed by atoms with Gasteiger partial charge in [-0.05, 0) is 45.4 Å². The SMILES string of the molecule is CC(=O)[O-].CCCCCCCCC=CCCCCCCCC(=O)[O-].[Cd+2]. The Hall–Kier alpha value is -0.398. The second-order valence-electron chi connectivity index (χ2n) is 6.20. The molecule has 0 fully saturated rings. The fourth-order valence-corrected chi connectivity index (χ4v) is 2.34. The third-order valence-corrected chi connectivity index (χ3v) is 3.64. The molecule has 0 saturated carbocycles. The summed E-state index contributed by atoms with van der Waals surface area (Å²) in [6.45, 7) is 3.23. The number of carboxylic acid groups (broad SMARTS) is 2. The van der Waals surface area contributed by atoms with E-state index in [0.717, 1.165) is 26.2 Å². The van der Waals surface area contributed by atoms with E-state index in [-0.39, 0.29) is 33.7 Å². The number of carbonyl (C=O) groups is 2. The minimum Gasteiger partial charge on any atom is -0.550 e. The minimum absolute atomic E-state index is 0. The molecule has 0 bridgehead atoms. The Morgan fingerprint density at radius 2 is 1.08 bits per heavy atom. The molecule has 5 heteroatoms. The molecule has 0 aromatic rings. The van der Waals surface area contributed by atoms with Gasteiger partial charge in [0.2, 0.25) is 0 Å². The van der Waals surface area contributed by atoms with Crippen molar-refractivity contribution in [3.63, 3.8) is 0 Å². The monoisotopic (exact) mass is 454 g/mol. The van der Waals surface area contributed by atoms with Gasteiger partial charge in [0.25, 0.3) is 0 Å². The summed E-state index contributed by atoms with van der Waals surface area (Å²) in [5.41, 5.74) is 0. The third kappa shape index (κ3) is 40.0. The summed E-state index contributed by atoms with van der Waals surface area (Å²) < 4.78 is 0. The Balaban J connectivity index is -0.000000867. The van der Waals surface area contributed by atoms with Crippen LogP contribution in [0.2, 0.25) is 0 Å². The quantitative estimate of drug-likeness (QED) is 0.216. The van der Waals surface area contributed by atoms with Crippen molar-refractivity contribution in [1.29, 1.82) is 0 Å². The number of unbranched alkanes of at least 4 members (excludes halogenated alkanes) is 11. The van der Waals surface area contributed by atoms with Crippen LogP contribution in [-0.2, 0) is 36.9 Å². The normalized spacial score (nSPS) is 10.0. The van der Waals surface area contributed by atoms with Crippen LogP contribution in [-0.4, -0.2) is 11.9 Å². The van der Waals surface area contributed by atoms with E-state index in [2.05, 4.69) is 19.1 Å². The number of carbonyl (C=O) groups excluding carboxylic acids is 2. The number of hydrogen-bond donors (Lipinski definition) is 0. The summed E-state index contributed by atoms with van der Waals surface area (Å²) in [5.74, 6) is -2.00. The number of carboxylic acids is 2. The van der Waals surface area contributed by atoms with Gasteiger partial charge in [-0.1, -0.05) is 70.4 Å². The Morgan fingerprint density at radius 1 is 0.720 bits per heavy atom. The fourth-order valence-electron chi connectivity index (χ4n) is 2.34. The van der Waals surface area contributed by atoms with Gasteiger partial charge in [-0.2, -0.15) is 0 Å². The molecule has 0 aliphatic rings. The predicted molar refractivity (Wildman–Crippen MR) is 95.1 cm³/mol. The first-order valence-corrected chi connectivity index (χ1v) is 9.53. The largest absolute Gasteiger partial charge is 2.00 e. The summed E-state index contributed by atoms with van der Waals surface area (Å²) in [6.07, 6.45) is 20.9. The molecule has 142 valence electrons. The zero-order chi connectivity index (χ0) is 18.5. The van der Waals surface area contributed by atoms with Gasteiger partial charge in [-0.3, -0.25) is 0 Å². The van der Waals surface area contributed by atoms with Crippen molar-refractivity contribution in [2.75, 3.05) is 0 Å². The zero-order valence-electron chi connectivity index (χ0n) is 16.4. The first-order valence-electron chi connectivity index (χ1n) is 9.53. The van der Waals surface area contributed by atoms with Gasteiger partial charge in [0.15, 0.2) is 0 Å². The van der Waals surface area contributed by atoms with Crippen molar-refractivity contribution in [3.8, 4) is 0 Å². The molecule has 0 aromatic heterocycles. The molecule has 0 unspecified atom stereocenters. The topological polar surface area (TPSA) is 80.3 Å². The summed E-state index contributed by atoms with van der Waals surface area (Å²) >= 11 is 0. The van der Waals surface area contributed by atoms with Crippen molar-refractivity contribution in [2.24, 2.45) is 0 Å². The molecular formula is C20H36CdO4. The Bertz CT molecular complexity index is 313. The van der Waals surface area contributed by atoms with Crippen LogP contribution < -0.4 is 10.2 Å². The van der Waals surface area contributed by atoms with Gasteiger partial charge in [-0.15, -0.1) is 0 Å². The van der Waals surface area contributed by atoms with Gasteiger partial charge in [0.1, 0.15) is 0 Å². The summed E-state index contributed by atoms with van der Waals surface area (Å²) in [6, 6.07) is 0. The van der Waals surface area contributed by atoms with Gasteiger partial charge >= 0.3 is 27.3 Å². The second-order valence-corrected chi connectivity index (χ2v) is 6.20. The molecule has 0 aliphatic heterocycles. The van der Waals surface area contributed by atoms with E-state index in [0.29, 0.717) is 0 Å². The minimum atomic E-state index is -1.08. The molecule has 0 aromatic carbocycles. The number of allylic oxidation sites excluding steroid dienone is 2. The van der Waals surface area contributed by atoms with E-state index < -0.39 is 11.9 Å². The molecule has 25 heavy (non-hydrogen) atoms. The van der Waals surface area contributed by atoms with Crippen LogP contribution in [0.4, 0.5) is 0 Å². The van der Waals surface area contributed by atoms with Crippen LogP contribution in [0.1, 0.15) is 104 Å². The first kappa shape index (κ1) is 29.4. The number of rotatable bonds is 15. The van der Waals surface area contributed by atoms with Crippen LogP contribution in [0.15, 0.2) is 12.2 Å². The molecule has 0 aliphatic carbocycles. The van der Waals surface area contributed by atoms with Crippen molar-refractivity contribution in [2.45, 2.75) is 104 Å². The smallest absolute Gasteiger partial charge is 0.550 e. The molecule has 0 rings (SSSR count). The van der Waals surface area contributed by atoms with Gasteiger partial charge in [0, 0.05) is 11.9 Å². The third-order valence-electron chi connectivity index (χ3n) is 3.64. The molecule has 0 N–H and O–H groups in total. The van der Waals surface area contributed by atoms with Crippen molar-refractivity contribution >= 4 is 11.9 Å². The van der Waals surface area contributed by atoms with E-state index in [4.69, 9.17) is 9.90 Å². The van der Waals surface area contributed by atoms with Crippen molar-refractivity contribution < 1.29 is 47.1 Å². The van der Waals surface area contributed by atoms with E-state index >= 15 is 0 Å².